The van der Waals surface area contributed by atoms with Gasteiger partial charge >= 0.3 is 0 Å². The van der Waals surface area contributed by atoms with Gasteiger partial charge in [-0.3, -0.25) is 0 Å². The highest BCUT2D eigenvalue weighted by Gasteiger charge is 2.46. The van der Waals surface area contributed by atoms with Gasteiger partial charge in [-0.05, 0) is 69.2 Å². The lowest BCUT2D eigenvalue weighted by atomic mass is 9.30. The smallest absolute Gasteiger partial charge is 0.247 e. The number of hydrogen-bond acceptors (Lipinski definition) is 0. The molecular weight excluding hydrogens is 555 g/mol. The molecule has 0 aliphatic carbocycles. The summed E-state index contributed by atoms with van der Waals surface area (Å²) in [7, 11) is 0. The molecule has 0 N–H and O–H groups in total. The van der Waals surface area contributed by atoms with Crippen molar-refractivity contribution < 1.29 is 0 Å². The molecule has 0 spiro atoms. The molecule has 7 aromatic carbocycles. The fourth-order valence-electron chi connectivity index (χ4n) is 9.40. The van der Waals surface area contributed by atoms with Crippen LogP contribution in [0.3, 0.4) is 0 Å². The standard InChI is InChI=1S/C43H29BN2/c1-43(2)31-19-12-22-37-41(31)44(33-25-26-13-6-7-16-28(26)38-29-17-8-11-21-35(29)46(37)42(33)38)32-23-24-36-39(40(32)43)30-18-9-10-20-34(30)45(36)27-14-4-3-5-15-27/h3-25H,1-2H3. The summed E-state index contributed by atoms with van der Waals surface area (Å²) in [5, 5.41) is 8.02. The fraction of sp³-hybridized carbons (Fsp3) is 0.0698. The molecule has 46 heavy (non-hydrogen) atoms. The third kappa shape index (κ3) is 2.82. The van der Waals surface area contributed by atoms with E-state index in [2.05, 4.69) is 163 Å². The van der Waals surface area contributed by atoms with Crippen LogP contribution >= 0.6 is 0 Å². The van der Waals surface area contributed by atoms with Crippen LogP contribution in [-0.2, 0) is 5.41 Å². The minimum absolute atomic E-state index is 0.140. The van der Waals surface area contributed by atoms with Crippen molar-refractivity contribution in [2.75, 3.05) is 0 Å². The van der Waals surface area contributed by atoms with Gasteiger partial charge in [-0.15, -0.1) is 0 Å². The van der Waals surface area contributed by atoms with Gasteiger partial charge in [-0.25, -0.2) is 0 Å². The minimum Gasteiger partial charge on any atom is -0.310 e. The normalized spacial score (nSPS) is 14.4. The molecule has 0 saturated heterocycles. The zero-order valence-corrected chi connectivity index (χ0v) is 25.8. The van der Waals surface area contributed by atoms with E-state index in [-0.39, 0.29) is 12.1 Å². The van der Waals surface area contributed by atoms with E-state index in [0.29, 0.717) is 0 Å². The lowest BCUT2D eigenvalue weighted by molar-refractivity contribution is 0.652. The molecule has 11 rings (SSSR count). The second kappa shape index (κ2) is 8.38. The lowest BCUT2D eigenvalue weighted by Gasteiger charge is -2.42. The fourth-order valence-corrected chi connectivity index (χ4v) is 9.40. The Bertz CT molecular complexity index is 2780. The van der Waals surface area contributed by atoms with E-state index in [4.69, 9.17) is 0 Å². The number of aromatic nitrogens is 2. The Kier molecular flexibility index (Phi) is 4.51. The SMILES string of the molecule is CC1(C)c2cccc3c2B(c2ccc4c(c21)c1ccccc1n4-c1ccccc1)c1cc2ccccc2c2c4ccccc4n-3c12. The van der Waals surface area contributed by atoms with Gasteiger partial charge in [0, 0.05) is 38.3 Å². The number of benzene rings is 7. The number of nitrogens with zero attached hydrogens (tertiary/aromatic N) is 2. The van der Waals surface area contributed by atoms with Gasteiger partial charge in [0.15, 0.2) is 0 Å². The molecule has 3 heteroatoms. The first kappa shape index (κ1) is 24.7. The molecule has 0 unspecified atom stereocenters. The van der Waals surface area contributed by atoms with Crippen LogP contribution in [0.4, 0.5) is 0 Å². The summed E-state index contributed by atoms with van der Waals surface area (Å²) in [6, 6.07) is 52.2. The molecule has 0 bridgehead atoms. The van der Waals surface area contributed by atoms with Crippen molar-refractivity contribution in [2.45, 2.75) is 19.3 Å². The first-order valence-electron chi connectivity index (χ1n) is 16.3. The Morgan fingerprint density at radius 1 is 0.522 bits per heavy atom. The number of hydrogen-bond donors (Lipinski definition) is 0. The number of para-hydroxylation sites is 3. The highest BCUT2D eigenvalue weighted by atomic mass is 15.0. The van der Waals surface area contributed by atoms with E-state index in [0.717, 1.165) is 0 Å². The minimum atomic E-state index is -0.210. The van der Waals surface area contributed by atoms with Crippen LogP contribution in [0.2, 0.25) is 0 Å². The zero-order chi connectivity index (χ0) is 30.3. The van der Waals surface area contributed by atoms with Gasteiger partial charge in [-0.1, -0.05) is 122 Å². The van der Waals surface area contributed by atoms with Gasteiger partial charge in [-0.2, -0.15) is 0 Å². The Labute approximate surface area is 267 Å². The van der Waals surface area contributed by atoms with Gasteiger partial charge in [0.2, 0.25) is 6.71 Å². The van der Waals surface area contributed by atoms with Crippen molar-refractivity contribution in [1.29, 1.82) is 0 Å². The summed E-state index contributed by atoms with van der Waals surface area (Å²) in [6.45, 7) is 5.04. The van der Waals surface area contributed by atoms with Crippen molar-refractivity contribution in [3.8, 4) is 11.4 Å². The Morgan fingerprint density at radius 3 is 2.00 bits per heavy atom. The Balaban J connectivity index is 1.36. The van der Waals surface area contributed by atoms with Crippen LogP contribution in [0.25, 0.3) is 65.8 Å². The molecule has 0 fully saturated rings. The highest BCUT2D eigenvalue weighted by Crippen LogP contribution is 2.45. The van der Waals surface area contributed by atoms with E-state index < -0.39 is 0 Å². The maximum absolute atomic E-state index is 2.57. The third-order valence-corrected chi connectivity index (χ3v) is 11.1. The molecule has 0 atom stereocenters. The molecule has 4 heterocycles. The molecule has 0 radical (unpaired) electrons. The van der Waals surface area contributed by atoms with E-state index in [1.165, 1.54) is 93.3 Å². The lowest BCUT2D eigenvalue weighted by Crippen LogP contribution is -2.63. The molecule has 9 aromatic rings. The highest BCUT2D eigenvalue weighted by molar-refractivity contribution is 6.99. The second-order valence-electron chi connectivity index (χ2n) is 13.7. The number of fused-ring (bicyclic) bond motifs is 13. The van der Waals surface area contributed by atoms with E-state index >= 15 is 0 Å². The second-order valence-corrected chi connectivity index (χ2v) is 13.7. The average molecular weight is 585 g/mol. The molecule has 2 nitrogen and oxygen atoms in total. The predicted octanol–water partition coefficient (Wildman–Crippen LogP) is 8.50. The first-order valence-corrected chi connectivity index (χ1v) is 16.3. The zero-order valence-electron chi connectivity index (χ0n) is 25.8. The average Bonchev–Trinajstić information content (AvgIpc) is 3.62. The van der Waals surface area contributed by atoms with Gasteiger partial charge < -0.3 is 9.13 Å². The topological polar surface area (TPSA) is 9.86 Å². The summed E-state index contributed by atoms with van der Waals surface area (Å²) in [5.74, 6) is 0. The molecule has 2 aromatic heterocycles. The monoisotopic (exact) mass is 584 g/mol. The largest absolute Gasteiger partial charge is 0.310 e. The van der Waals surface area contributed by atoms with Crippen LogP contribution in [0, 0.1) is 0 Å². The molecular formula is C43H29BN2. The van der Waals surface area contributed by atoms with E-state index in [1.54, 1.807) is 0 Å². The maximum Gasteiger partial charge on any atom is 0.247 e. The van der Waals surface area contributed by atoms with Crippen LogP contribution in [-0.4, -0.2) is 15.8 Å². The maximum atomic E-state index is 2.57. The molecule has 0 saturated carbocycles. The van der Waals surface area contributed by atoms with Gasteiger partial charge in [0.25, 0.3) is 0 Å². The Hall–Kier alpha value is -5.54. The van der Waals surface area contributed by atoms with Crippen LogP contribution in [0.15, 0.2) is 140 Å². The molecule has 2 aliphatic rings. The van der Waals surface area contributed by atoms with Crippen molar-refractivity contribution in [2.24, 2.45) is 0 Å². The van der Waals surface area contributed by atoms with Crippen LogP contribution < -0.4 is 16.4 Å². The summed E-state index contributed by atoms with van der Waals surface area (Å²) in [5.41, 5.74) is 14.7. The van der Waals surface area contributed by atoms with Gasteiger partial charge in [0.05, 0.1) is 22.1 Å². The quantitative estimate of drug-likeness (QED) is 0.171. The van der Waals surface area contributed by atoms with Crippen molar-refractivity contribution in [3.63, 3.8) is 0 Å². The predicted molar refractivity (Wildman–Crippen MR) is 196 cm³/mol. The van der Waals surface area contributed by atoms with Crippen LogP contribution in [0.5, 0.6) is 0 Å². The van der Waals surface area contributed by atoms with E-state index in [9.17, 15) is 0 Å². The summed E-state index contributed by atoms with van der Waals surface area (Å²) in [6.07, 6.45) is 0. The molecule has 214 valence electrons. The van der Waals surface area contributed by atoms with Crippen molar-refractivity contribution >= 4 is 77.5 Å². The van der Waals surface area contributed by atoms with Gasteiger partial charge in [0.1, 0.15) is 0 Å². The van der Waals surface area contributed by atoms with Crippen molar-refractivity contribution in [1.82, 2.24) is 9.13 Å². The molecule has 2 aliphatic heterocycles. The number of rotatable bonds is 1. The summed E-state index contributed by atoms with van der Waals surface area (Å²) < 4.78 is 5.03. The summed E-state index contributed by atoms with van der Waals surface area (Å²) >= 11 is 0. The molecule has 0 amide bonds. The van der Waals surface area contributed by atoms with Crippen molar-refractivity contribution in [3.05, 3.63) is 151 Å². The Morgan fingerprint density at radius 2 is 1.20 bits per heavy atom. The van der Waals surface area contributed by atoms with Crippen LogP contribution in [0.1, 0.15) is 25.0 Å². The third-order valence-electron chi connectivity index (χ3n) is 11.1. The summed E-state index contributed by atoms with van der Waals surface area (Å²) in [4.78, 5) is 0. The first-order chi connectivity index (χ1) is 22.6. The van der Waals surface area contributed by atoms with E-state index in [1.807, 2.05) is 0 Å².